The molecule has 0 saturated heterocycles. The zero-order chi connectivity index (χ0) is 28.6. The average molecular weight is 565 g/mol. The maximum absolute atomic E-state index is 14.2. The standard InChI is InChI=1S/C24H19ClF6N2O5/c1-12(22(36,24(29,30)31)13-4-7-20(34)33(2)11-13)15-6-5-14(8-18(15)25)38-19-9-17(23(26,27)28)16(10-32-19)21(35)37-3/h4-12,36H,1-3H3/t12-,22-/m1/s1. The van der Waals surface area contributed by atoms with Gasteiger partial charge in [-0.15, -0.1) is 0 Å². The van der Waals surface area contributed by atoms with Gasteiger partial charge in [0.1, 0.15) is 5.75 Å². The van der Waals surface area contributed by atoms with Gasteiger partial charge in [0.2, 0.25) is 11.4 Å². The number of methoxy groups -OCH3 is 1. The second-order valence-electron chi connectivity index (χ2n) is 8.20. The average Bonchev–Trinajstić information content (AvgIpc) is 2.83. The zero-order valence-corrected chi connectivity index (χ0v) is 20.6. The van der Waals surface area contributed by atoms with Crippen molar-refractivity contribution in [3.8, 4) is 11.6 Å². The lowest BCUT2D eigenvalue weighted by atomic mass is 9.78. The number of esters is 1. The van der Waals surface area contributed by atoms with Crippen LogP contribution >= 0.6 is 11.6 Å². The molecule has 2 atom stereocenters. The van der Waals surface area contributed by atoms with Crippen LogP contribution in [-0.4, -0.2) is 33.9 Å². The molecule has 0 aliphatic heterocycles. The monoisotopic (exact) mass is 564 g/mol. The van der Waals surface area contributed by atoms with Gasteiger partial charge in [0, 0.05) is 48.1 Å². The SMILES string of the molecule is COC(=O)c1cnc(Oc2ccc([C@@H](C)[C@@](O)(c3ccc(=O)n(C)c3)C(F)(F)F)c(Cl)c2)cc1C(F)(F)F. The molecule has 3 aromatic rings. The minimum Gasteiger partial charge on any atom is -0.465 e. The van der Waals surface area contributed by atoms with E-state index in [1.165, 1.54) is 7.05 Å². The van der Waals surface area contributed by atoms with E-state index in [9.17, 15) is 41.0 Å². The minimum absolute atomic E-state index is 0.169. The smallest absolute Gasteiger partial charge is 0.422 e. The first kappa shape index (κ1) is 29.0. The van der Waals surface area contributed by atoms with E-state index in [2.05, 4.69) is 9.72 Å². The summed E-state index contributed by atoms with van der Waals surface area (Å²) in [6.07, 6.45) is -8.68. The van der Waals surface area contributed by atoms with Crippen molar-refractivity contribution in [1.29, 1.82) is 0 Å². The molecule has 204 valence electrons. The Labute approximate surface area is 216 Å². The number of carbonyl (C=O) groups is 1. The Balaban J connectivity index is 1.99. The van der Waals surface area contributed by atoms with E-state index in [1.54, 1.807) is 0 Å². The Hall–Kier alpha value is -3.58. The van der Waals surface area contributed by atoms with Gasteiger partial charge in [-0.1, -0.05) is 24.6 Å². The van der Waals surface area contributed by atoms with Gasteiger partial charge in [0.05, 0.1) is 18.2 Å². The fraction of sp³-hybridized carbons (Fsp3) is 0.292. The largest absolute Gasteiger partial charge is 0.465 e. The van der Waals surface area contributed by atoms with Crippen LogP contribution in [0.5, 0.6) is 11.6 Å². The maximum atomic E-state index is 14.2. The van der Waals surface area contributed by atoms with Crippen LogP contribution in [0.3, 0.4) is 0 Å². The Bertz CT molecular complexity index is 1420. The third-order valence-corrected chi connectivity index (χ3v) is 6.16. The van der Waals surface area contributed by atoms with E-state index in [0.717, 1.165) is 55.1 Å². The van der Waals surface area contributed by atoms with Gasteiger partial charge in [-0.2, -0.15) is 26.3 Å². The summed E-state index contributed by atoms with van der Waals surface area (Å²) in [5.74, 6) is -3.74. The summed E-state index contributed by atoms with van der Waals surface area (Å²) in [5.41, 5.74) is -7.05. The minimum atomic E-state index is -5.19. The van der Waals surface area contributed by atoms with Crippen LogP contribution in [0.1, 0.15) is 39.9 Å². The Morgan fingerprint density at radius 1 is 1.11 bits per heavy atom. The summed E-state index contributed by atoms with van der Waals surface area (Å²) >= 11 is 6.20. The van der Waals surface area contributed by atoms with Crippen molar-refractivity contribution < 1.29 is 45.7 Å². The van der Waals surface area contributed by atoms with Gasteiger partial charge in [-0.05, 0) is 23.8 Å². The van der Waals surface area contributed by atoms with Gasteiger partial charge in [0.25, 0.3) is 0 Å². The van der Waals surface area contributed by atoms with Crippen molar-refractivity contribution in [2.75, 3.05) is 7.11 Å². The highest BCUT2D eigenvalue weighted by atomic mass is 35.5. The molecule has 3 rings (SSSR count). The number of benzene rings is 1. The van der Waals surface area contributed by atoms with Gasteiger partial charge in [-0.3, -0.25) is 4.79 Å². The first-order chi connectivity index (χ1) is 17.5. The first-order valence-corrected chi connectivity index (χ1v) is 11.0. The van der Waals surface area contributed by atoms with E-state index >= 15 is 0 Å². The molecule has 0 amide bonds. The van der Waals surface area contributed by atoms with E-state index in [-0.39, 0.29) is 16.3 Å². The third-order valence-electron chi connectivity index (χ3n) is 5.84. The molecule has 0 aliphatic rings. The molecule has 0 bridgehead atoms. The lowest BCUT2D eigenvalue weighted by molar-refractivity contribution is -0.274. The van der Waals surface area contributed by atoms with E-state index in [0.29, 0.717) is 12.3 Å². The normalized spacial score (nSPS) is 14.5. The number of rotatable bonds is 6. The van der Waals surface area contributed by atoms with Crippen molar-refractivity contribution in [3.63, 3.8) is 0 Å². The van der Waals surface area contributed by atoms with Crippen molar-refractivity contribution in [2.45, 2.75) is 30.8 Å². The third kappa shape index (κ3) is 5.48. The van der Waals surface area contributed by atoms with Gasteiger partial charge in [-0.25, -0.2) is 9.78 Å². The molecule has 2 heterocycles. The van der Waals surface area contributed by atoms with Crippen LogP contribution in [0.4, 0.5) is 26.3 Å². The molecular weight excluding hydrogens is 546 g/mol. The Morgan fingerprint density at radius 2 is 1.76 bits per heavy atom. The first-order valence-electron chi connectivity index (χ1n) is 10.6. The van der Waals surface area contributed by atoms with Gasteiger partial charge >= 0.3 is 18.3 Å². The number of ether oxygens (including phenoxy) is 2. The van der Waals surface area contributed by atoms with E-state index in [4.69, 9.17) is 16.3 Å². The lowest BCUT2D eigenvalue weighted by Gasteiger charge is -2.37. The Morgan fingerprint density at radius 3 is 2.29 bits per heavy atom. The topological polar surface area (TPSA) is 90.7 Å². The predicted molar refractivity (Wildman–Crippen MR) is 122 cm³/mol. The Kier molecular flexibility index (Phi) is 7.85. The summed E-state index contributed by atoms with van der Waals surface area (Å²) in [7, 11) is 2.12. The molecular formula is C24H19ClF6N2O5. The van der Waals surface area contributed by atoms with Crippen molar-refractivity contribution in [3.05, 3.63) is 86.4 Å². The van der Waals surface area contributed by atoms with Crippen LogP contribution in [0.15, 0.2) is 53.6 Å². The fourth-order valence-electron chi connectivity index (χ4n) is 3.75. The molecule has 38 heavy (non-hydrogen) atoms. The van der Waals surface area contributed by atoms with Crippen LogP contribution in [0.2, 0.25) is 5.02 Å². The van der Waals surface area contributed by atoms with Crippen LogP contribution < -0.4 is 10.3 Å². The van der Waals surface area contributed by atoms with Crippen molar-refractivity contribution in [2.24, 2.45) is 7.05 Å². The number of hydrogen-bond acceptors (Lipinski definition) is 6. The molecule has 1 aromatic carbocycles. The lowest BCUT2D eigenvalue weighted by Crippen LogP contribution is -2.47. The molecule has 7 nitrogen and oxygen atoms in total. The number of aliphatic hydroxyl groups is 1. The van der Waals surface area contributed by atoms with Crippen molar-refractivity contribution in [1.82, 2.24) is 9.55 Å². The summed E-state index contributed by atoms with van der Waals surface area (Å²) in [4.78, 5) is 26.9. The molecule has 0 aliphatic carbocycles. The molecule has 2 aromatic heterocycles. The summed E-state index contributed by atoms with van der Waals surface area (Å²) in [6, 6.07) is 5.46. The number of carbonyl (C=O) groups excluding carboxylic acids is 1. The molecule has 0 spiro atoms. The number of hydrogen-bond donors (Lipinski definition) is 1. The number of aryl methyl sites for hydroxylation is 1. The number of halogens is 7. The summed E-state index contributed by atoms with van der Waals surface area (Å²) in [6.45, 7) is 1.07. The maximum Gasteiger partial charge on any atom is 0.422 e. The van der Waals surface area contributed by atoms with Crippen LogP contribution in [-0.2, 0) is 23.6 Å². The second-order valence-corrected chi connectivity index (χ2v) is 8.60. The number of nitrogens with zero attached hydrogens (tertiary/aromatic N) is 2. The van der Waals surface area contributed by atoms with Crippen LogP contribution in [0.25, 0.3) is 0 Å². The van der Waals surface area contributed by atoms with E-state index < -0.39 is 58.0 Å². The predicted octanol–water partition coefficient (Wildman–Crippen LogP) is 5.59. The molecule has 1 N–H and O–H groups in total. The second kappa shape index (κ2) is 10.3. The highest BCUT2D eigenvalue weighted by Gasteiger charge is 2.59. The summed E-state index contributed by atoms with van der Waals surface area (Å²) < 4.78 is 93.3. The highest BCUT2D eigenvalue weighted by molar-refractivity contribution is 6.31. The van der Waals surface area contributed by atoms with E-state index in [1.807, 2.05) is 0 Å². The molecule has 14 heteroatoms. The van der Waals surface area contributed by atoms with Crippen LogP contribution in [0, 0.1) is 0 Å². The number of pyridine rings is 2. The van der Waals surface area contributed by atoms with Gasteiger partial charge < -0.3 is 19.1 Å². The molecule has 0 radical (unpaired) electrons. The molecule has 0 saturated carbocycles. The quantitative estimate of drug-likeness (QED) is 0.310. The molecule has 0 unspecified atom stereocenters. The summed E-state index contributed by atoms with van der Waals surface area (Å²) in [5, 5.41) is 10.6. The highest BCUT2D eigenvalue weighted by Crippen LogP contribution is 2.50. The zero-order valence-electron chi connectivity index (χ0n) is 19.8. The number of alkyl halides is 6. The van der Waals surface area contributed by atoms with Crippen molar-refractivity contribution >= 4 is 17.6 Å². The number of aromatic nitrogens is 2. The fourth-order valence-corrected chi connectivity index (χ4v) is 4.08. The van der Waals surface area contributed by atoms with Gasteiger partial charge in [0.15, 0.2) is 5.60 Å². The molecule has 0 fully saturated rings.